The third-order valence-electron chi connectivity index (χ3n) is 4.24. The van der Waals surface area contributed by atoms with Crippen LogP contribution in [0.4, 0.5) is 0 Å². The minimum atomic E-state index is -0.662. The van der Waals surface area contributed by atoms with Crippen molar-refractivity contribution in [2.45, 2.75) is 13.0 Å². The van der Waals surface area contributed by atoms with Gasteiger partial charge in [0.05, 0.1) is 7.11 Å². The summed E-state index contributed by atoms with van der Waals surface area (Å²) in [5.74, 6) is 1.14. The third-order valence-corrected chi connectivity index (χ3v) is 4.24. The molecular weight excluding hydrogens is 390 g/mol. The number of hydrogen-bond acceptors (Lipinski definition) is 7. The second-order valence-electron chi connectivity index (χ2n) is 6.39. The number of allylic oxidation sites excluding steroid dienone is 1. The summed E-state index contributed by atoms with van der Waals surface area (Å²) in [6, 6.07) is 10.8. The number of fused-ring (bicyclic) bond motifs is 1. The average molecular weight is 413 g/mol. The SMILES string of the molecule is C=CCc1ccc(OCC(=O)OCC(=O)NCc2ccc3c(c2)OCO3)c(OC)c1. The Morgan fingerprint density at radius 2 is 1.87 bits per heavy atom. The van der Waals surface area contributed by atoms with Crippen LogP contribution in [0.1, 0.15) is 11.1 Å². The molecule has 1 N–H and O–H groups in total. The molecule has 0 saturated carbocycles. The van der Waals surface area contributed by atoms with Crippen LogP contribution in [0, 0.1) is 0 Å². The van der Waals surface area contributed by atoms with Gasteiger partial charge < -0.3 is 29.0 Å². The van der Waals surface area contributed by atoms with Crippen molar-refractivity contribution in [1.82, 2.24) is 5.32 Å². The van der Waals surface area contributed by atoms with Crippen LogP contribution in [0.2, 0.25) is 0 Å². The summed E-state index contributed by atoms with van der Waals surface area (Å²) in [6.07, 6.45) is 2.48. The summed E-state index contributed by atoms with van der Waals surface area (Å²) in [5, 5.41) is 2.67. The third kappa shape index (κ3) is 5.66. The number of amides is 1. The number of rotatable bonds is 10. The number of benzene rings is 2. The van der Waals surface area contributed by atoms with Gasteiger partial charge in [0.15, 0.2) is 36.2 Å². The van der Waals surface area contributed by atoms with E-state index in [0.29, 0.717) is 29.4 Å². The molecule has 0 unspecified atom stereocenters. The van der Waals surface area contributed by atoms with Gasteiger partial charge in [0, 0.05) is 6.54 Å². The van der Waals surface area contributed by atoms with Crippen LogP contribution in [-0.4, -0.2) is 39.0 Å². The topological polar surface area (TPSA) is 92.3 Å². The summed E-state index contributed by atoms with van der Waals surface area (Å²) in [6.45, 7) is 3.42. The van der Waals surface area contributed by atoms with Gasteiger partial charge in [0.2, 0.25) is 6.79 Å². The Hall–Kier alpha value is -3.68. The molecule has 8 nitrogen and oxygen atoms in total. The van der Waals surface area contributed by atoms with Gasteiger partial charge in [-0.2, -0.15) is 0 Å². The Bertz CT molecular complexity index is 926. The molecule has 8 heteroatoms. The van der Waals surface area contributed by atoms with Crippen molar-refractivity contribution in [3.63, 3.8) is 0 Å². The maximum absolute atomic E-state index is 11.9. The van der Waals surface area contributed by atoms with Crippen LogP contribution in [0.3, 0.4) is 0 Å². The Morgan fingerprint density at radius 3 is 2.67 bits per heavy atom. The first kappa shape index (κ1) is 21.0. The highest BCUT2D eigenvalue weighted by molar-refractivity contribution is 5.80. The maximum Gasteiger partial charge on any atom is 0.344 e. The van der Waals surface area contributed by atoms with Crippen molar-refractivity contribution in [2.75, 3.05) is 27.1 Å². The molecule has 1 heterocycles. The smallest absolute Gasteiger partial charge is 0.344 e. The molecule has 0 radical (unpaired) electrons. The maximum atomic E-state index is 11.9. The number of nitrogens with one attached hydrogen (secondary N) is 1. The number of hydrogen-bond donors (Lipinski definition) is 1. The van der Waals surface area contributed by atoms with E-state index in [2.05, 4.69) is 11.9 Å². The van der Waals surface area contributed by atoms with Crippen LogP contribution in [0.5, 0.6) is 23.0 Å². The van der Waals surface area contributed by atoms with Crippen LogP contribution >= 0.6 is 0 Å². The number of ether oxygens (including phenoxy) is 5. The molecule has 3 rings (SSSR count). The Kier molecular flexibility index (Phi) is 7.15. The quantitative estimate of drug-likeness (QED) is 0.472. The number of methoxy groups -OCH3 is 1. The molecule has 2 aromatic rings. The molecule has 0 fully saturated rings. The van der Waals surface area contributed by atoms with E-state index in [1.807, 2.05) is 18.2 Å². The van der Waals surface area contributed by atoms with Gasteiger partial charge in [-0.05, 0) is 41.8 Å². The van der Waals surface area contributed by atoms with E-state index in [4.69, 9.17) is 23.7 Å². The van der Waals surface area contributed by atoms with E-state index in [1.165, 1.54) is 7.11 Å². The second kappa shape index (κ2) is 10.2. The molecule has 0 aliphatic carbocycles. The van der Waals surface area contributed by atoms with E-state index < -0.39 is 18.5 Å². The van der Waals surface area contributed by atoms with Gasteiger partial charge in [-0.1, -0.05) is 18.2 Å². The molecule has 0 atom stereocenters. The van der Waals surface area contributed by atoms with Crippen LogP contribution in [0.25, 0.3) is 0 Å². The Balaban J connectivity index is 1.40. The lowest BCUT2D eigenvalue weighted by Crippen LogP contribution is -2.29. The molecule has 0 saturated heterocycles. The minimum absolute atomic E-state index is 0.189. The summed E-state index contributed by atoms with van der Waals surface area (Å²) in [5.41, 5.74) is 1.85. The zero-order valence-corrected chi connectivity index (χ0v) is 16.6. The minimum Gasteiger partial charge on any atom is -0.493 e. The molecule has 1 aliphatic rings. The fourth-order valence-corrected chi connectivity index (χ4v) is 2.75. The molecular formula is C22H23NO7. The summed E-state index contributed by atoms with van der Waals surface area (Å²) in [7, 11) is 1.52. The van der Waals surface area contributed by atoms with Gasteiger partial charge in [0.1, 0.15) is 0 Å². The van der Waals surface area contributed by atoms with E-state index in [9.17, 15) is 9.59 Å². The Labute approximate surface area is 174 Å². The van der Waals surface area contributed by atoms with Crippen molar-refractivity contribution in [3.8, 4) is 23.0 Å². The van der Waals surface area contributed by atoms with Crippen molar-refractivity contribution in [1.29, 1.82) is 0 Å². The normalized spacial score (nSPS) is 11.5. The van der Waals surface area contributed by atoms with Gasteiger partial charge in [-0.25, -0.2) is 4.79 Å². The lowest BCUT2D eigenvalue weighted by atomic mass is 10.1. The molecule has 158 valence electrons. The molecule has 0 bridgehead atoms. The first-order chi connectivity index (χ1) is 14.6. The fraction of sp³-hybridized carbons (Fsp3) is 0.273. The van der Waals surface area contributed by atoms with E-state index in [0.717, 1.165) is 11.1 Å². The molecule has 30 heavy (non-hydrogen) atoms. The summed E-state index contributed by atoms with van der Waals surface area (Å²) < 4.78 is 26.2. The zero-order valence-electron chi connectivity index (χ0n) is 16.6. The van der Waals surface area contributed by atoms with Crippen molar-refractivity contribution in [2.24, 2.45) is 0 Å². The van der Waals surface area contributed by atoms with E-state index in [1.54, 1.807) is 24.3 Å². The highest BCUT2D eigenvalue weighted by Crippen LogP contribution is 2.32. The highest BCUT2D eigenvalue weighted by Gasteiger charge is 2.14. The fourth-order valence-electron chi connectivity index (χ4n) is 2.75. The molecule has 0 spiro atoms. The second-order valence-corrected chi connectivity index (χ2v) is 6.39. The summed E-state index contributed by atoms with van der Waals surface area (Å²) in [4.78, 5) is 23.8. The standard InChI is InChI=1S/C22H23NO7/c1-3-4-15-5-7-17(19(9-15)26-2)27-13-22(25)28-12-21(24)23-11-16-6-8-18-20(10-16)30-14-29-18/h3,5-10H,1,4,11-14H2,2H3,(H,23,24). The predicted molar refractivity (Wildman–Crippen MR) is 108 cm³/mol. The van der Waals surface area contributed by atoms with Crippen molar-refractivity contribution < 1.29 is 33.3 Å². The number of carbonyl (C=O) groups is 2. The molecule has 2 aromatic carbocycles. The van der Waals surface area contributed by atoms with Gasteiger partial charge in [0.25, 0.3) is 5.91 Å². The van der Waals surface area contributed by atoms with Crippen LogP contribution in [-0.2, 0) is 27.3 Å². The van der Waals surface area contributed by atoms with E-state index >= 15 is 0 Å². The largest absolute Gasteiger partial charge is 0.493 e. The molecule has 0 aromatic heterocycles. The zero-order chi connectivity index (χ0) is 21.3. The number of esters is 1. The monoisotopic (exact) mass is 413 g/mol. The first-order valence-corrected chi connectivity index (χ1v) is 9.30. The molecule has 1 amide bonds. The van der Waals surface area contributed by atoms with Crippen molar-refractivity contribution in [3.05, 3.63) is 60.2 Å². The lowest BCUT2D eigenvalue weighted by Gasteiger charge is -2.12. The van der Waals surface area contributed by atoms with E-state index in [-0.39, 0.29) is 19.9 Å². The van der Waals surface area contributed by atoms with Crippen LogP contribution in [0.15, 0.2) is 49.1 Å². The highest BCUT2D eigenvalue weighted by atomic mass is 16.7. The first-order valence-electron chi connectivity index (χ1n) is 9.30. The average Bonchev–Trinajstić information content (AvgIpc) is 3.23. The summed E-state index contributed by atoms with van der Waals surface area (Å²) >= 11 is 0. The molecule has 1 aliphatic heterocycles. The van der Waals surface area contributed by atoms with Gasteiger partial charge in [-0.15, -0.1) is 6.58 Å². The van der Waals surface area contributed by atoms with Crippen molar-refractivity contribution >= 4 is 11.9 Å². The van der Waals surface area contributed by atoms with Gasteiger partial charge in [-0.3, -0.25) is 4.79 Å². The predicted octanol–water partition coefficient (Wildman–Crippen LogP) is 2.39. The van der Waals surface area contributed by atoms with Gasteiger partial charge >= 0.3 is 5.97 Å². The lowest BCUT2D eigenvalue weighted by molar-refractivity contribution is -0.150. The van der Waals surface area contributed by atoms with Crippen LogP contribution < -0.4 is 24.3 Å². The Morgan fingerprint density at radius 1 is 1.07 bits per heavy atom. The number of carbonyl (C=O) groups excluding carboxylic acids is 2.